The Labute approximate surface area is 147 Å². The van der Waals surface area contributed by atoms with Crippen LogP contribution in [0.2, 0.25) is 0 Å². The predicted molar refractivity (Wildman–Crippen MR) is 96.6 cm³/mol. The highest BCUT2D eigenvalue weighted by atomic mass is 16.4. The molecule has 6 nitrogen and oxygen atoms in total. The van der Waals surface area contributed by atoms with Crippen molar-refractivity contribution in [3.8, 4) is 5.69 Å². The summed E-state index contributed by atoms with van der Waals surface area (Å²) >= 11 is 0. The standard InChI is InChI=1S/C19H25N3O3/c1-13(2)11-16(19(24)25)14(3)12-18(23)20-17-9-10-22(21-17)15-7-5-4-6-8-15/h4-10,13-14,16H,11-12H2,1-3H3,(H,24,25)(H,20,21,23)/t14-,16-/m0/s1. The highest BCUT2D eigenvalue weighted by Gasteiger charge is 2.27. The molecule has 0 spiro atoms. The minimum absolute atomic E-state index is 0.155. The van der Waals surface area contributed by atoms with Crippen molar-refractivity contribution in [2.75, 3.05) is 5.32 Å². The molecule has 0 aliphatic carbocycles. The molecular formula is C19H25N3O3. The Bertz CT molecular complexity index is 710. The third-order valence-electron chi connectivity index (χ3n) is 4.11. The fraction of sp³-hybridized carbons (Fsp3) is 0.421. The van der Waals surface area contributed by atoms with Crippen LogP contribution in [0.5, 0.6) is 0 Å². The summed E-state index contributed by atoms with van der Waals surface area (Å²) in [5, 5.41) is 16.4. The monoisotopic (exact) mass is 343 g/mol. The van der Waals surface area contributed by atoms with Gasteiger partial charge in [-0.1, -0.05) is 39.0 Å². The smallest absolute Gasteiger partial charge is 0.306 e. The van der Waals surface area contributed by atoms with Gasteiger partial charge in [-0.15, -0.1) is 0 Å². The number of para-hydroxylation sites is 1. The molecule has 0 bridgehead atoms. The lowest BCUT2D eigenvalue weighted by Gasteiger charge is -2.21. The zero-order valence-electron chi connectivity index (χ0n) is 14.8. The molecule has 1 heterocycles. The van der Waals surface area contributed by atoms with Gasteiger partial charge in [-0.3, -0.25) is 9.59 Å². The van der Waals surface area contributed by atoms with Crippen molar-refractivity contribution in [3.63, 3.8) is 0 Å². The largest absolute Gasteiger partial charge is 0.481 e. The van der Waals surface area contributed by atoms with Gasteiger partial charge in [0.1, 0.15) is 0 Å². The highest BCUT2D eigenvalue weighted by Crippen LogP contribution is 2.24. The summed E-state index contributed by atoms with van der Waals surface area (Å²) < 4.78 is 1.68. The summed E-state index contributed by atoms with van der Waals surface area (Å²) in [5.74, 6) is -1.10. The number of anilines is 1. The van der Waals surface area contributed by atoms with E-state index in [2.05, 4.69) is 10.4 Å². The van der Waals surface area contributed by atoms with Gasteiger partial charge in [0.15, 0.2) is 5.82 Å². The van der Waals surface area contributed by atoms with E-state index in [1.165, 1.54) is 0 Å². The van der Waals surface area contributed by atoms with Gasteiger partial charge < -0.3 is 10.4 Å². The number of carboxylic acids is 1. The summed E-state index contributed by atoms with van der Waals surface area (Å²) in [4.78, 5) is 23.7. The minimum atomic E-state index is -0.845. The number of aliphatic carboxylic acids is 1. The number of nitrogens with zero attached hydrogens (tertiary/aromatic N) is 2. The number of carbonyl (C=O) groups is 2. The summed E-state index contributed by atoms with van der Waals surface area (Å²) in [6.07, 6.45) is 2.49. The van der Waals surface area contributed by atoms with Gasteiger partial charge in [-0.25, -0.2) is 4.68 Å². The van der Waals surface area contributed by atoms with Gasteiger partial charge in [0.05, 0.1) is 11.6 Å². The number of carboxylic acid groups (broad SMARTS) is 1. The van der Waals surface area contributed by atoms with E-state index >= 15 is 0 Å². The average Bonchev–Trinajstić information content (AvgIpc) is 3.01. The summed E-state index contributed by atoms with van der Waals surface area (Å²) in [7, 11) is 0. The molecule has 0 unspecified atom stereocenters. The maximum absolute atomic E-state index is 12.2. The molecule has 2 atom stereocenters. The first-order valence-corrected chi connectivity index (χ1v) is 8.50. The molecule has 1 aromatic carbocycles. The molecule has 6 heteroatoms. The summed E-state index contributed by atoms with van der Waals surface area (Å²) in [6, 6.07) is 11.3. The summed E-state index contributed by atoms with van der Waals surface area (Å²) in [5.41, 5.74) is 0.902. The Morgan fingerprint density at radius 1 is 1.16 bits per heavy atom. The first-order chi connectivity index (χ1) is 11.9. The van der Waals surface area contributed by atoms with Crippen LogP contribution in [0.25, 0.3) is 5.69 Å². The van der Waals surface area contributed by atoms with Crippen LogP contribution in [0.15, 0.2) is 42.6 Å². The first-order valence-electron chi connectivity index (χ1n) is 8.50. The van der Waals surface area contributed by atoms with Gasteiger partial charge in [0.2, 0.25) is 5.91 Å². The second-order valence-corrected chi connectivity index (χ2v) is 6.78. The Hall–Kier alpha value is -2.63. The van der Waals surface area contributed by atoms with E-state index in [0.29, 0.717) is 12.2 Å². The van der Waals surface area contributed by atoms with Crippen molar-refractivity contribution in [2.45, 2.75) is 33.6 Å². The molecule has 134 valence electrons. The fourth-order valence-corrected chi connectivity index (χ4v) is 2.83. The quantitative estimate of drug-likeness (QED) is 0.767. The van der Waals surface area contributed by atoms with Crippen LogP contribution in [0.3, 0.4) is 0 Å². The molecule has 0 saturated heterocycles. The third-order valence-corrected chi connectivity index (χ3v) is 4.11. The molecule has 1 amide bonds. The molecule has 0 saturated carbocycles. The van der Waals surface area contributed by atoms with E-state index in [0.717, 1.165) is 5.69 Å². The number of nitrogens with one attached hydrogen (secondary N) is 1. The third kappa shape index (κ3) is 5.45. The van der Waals surface area contributed by atoms with Crippen molar-refractivity contribution >= 4 is 17.7 Å². The molecular weight excluding hydrogens is 318 g/mol. The van der Waals surface area contributed by atoms with Crippen molar-refractivity contribution in [1.29, 1.82) is 0 Å². The number of benzene rings is 1. The summed E-state index contributed by atoms with van der Waals surface area (Å²) in [6.45, 7) is 5.78. The van der Waals surface area contributed by atoms with Crippen LogP contribution in [0.1, 0.15) is 33.6 Å². The molecule has 0 aliphatic heterocycles. The van der Waals surface area contributed by atoms with Crippen LogP contribution in [-0.2, 0) is 9.59 Å². The lowest BCUT2D eigenvalue weighted by atomic mass is 9.84. The number of rotatable bonds is 8. The highest BCUT2D eigenvalue weighted by molar-refractivity contribution is 5.90. The molecule has 25 heavy (non-hydrogen) atoms. The van der Waals surface area contributed by atoms with Gasteiger partial charge in [-0.2, -0.15) is 5.10 Å². The maximum Gasteiger partial charge on any atom is 0.306 e. The van der Waals surface area contributed by atoms with Crippen LogP contribution >= 0.6 is 0 Å². The Kier molecular flexibility index (Phi) is 6.33. The molecule has 0 radical (unpaired) electrons. The SMILES string of the molecule is CC(C)C[C@H](C(=O)O)[C@@H](C)CC(=O)Nc1ccn(-c2ccccc2)n1. The first kappa shape index (κ1) is 18.7. The van der Waals surface area contributed by atoms with Crippen LogP contribution in [0, 0.1) is 17.8 Å². The zero-order valence-corrected chi connectivity index (χ0v) is 14.8. The second kappa shape index (κ2) is 8.46. The van der Waals surface area contributed by atoms with Crippen molar-refractivity contribution < 1.29 is 14.7 Å². The van der Waals surface area contributed by atoms with Gasteiger partial charge in [0, 0.05) is 18.7 Å². The van der Waals surface area contributed by atoms with Gasteiger partial charge in [-0.05, 0) is 30.4 Å². The molecule has 0 aliphatic rings. The average molecular weight is 343 g/mol. The number of hydrogen-bond donors (Lipinski definition) is 2. The van der Waals surface area contributed by atoms with E-state index in [1.54, 1.807) is 16.9 Å². The minimum Gasteiger partial charge on any atom is -0.481 e. The van der Waals surface area contributed by atoms with Crippen LogP contribution < -0.4 is 5.32 Å². The Morgan fingerprint density at radius 3 is 2.44 bits per heavy atom. The molecule has 2 rings (SSSR count). The van der Waals surface area contributed by atoms with Crippen molar-refractivity contribution in [3.05, 3.63) is 42.6 Å². The van der Waals surface area contributed by atoms with Gasteiger partial charge >= 0.3 is 5.97 Å². The van der Waals surface area contributed by atoms with E-state index in [-0.39, 0.29) is 24.2 Å². The molecule has 1 aromatic heterocycles. The topological polar surface area (TPSA) is 84.2 Å². The van der Waals surface area contributed by atoms with E-state index < -0.39 is 11.9 Å². The molecule has 0 fully saturated rings. The number of aromatic nitrogens is 2. The van der Waals surface area contributed by atoms with Crippen molar-refractivity contribution in [1.82, 2.24) is 9.78 Å². The Balaban J connectivity index is 1.96. The van der Waals surface area contributed by atoms with E-state index in [9.17, 15) is 14.7 Å². The Morgan fingerprint density at radius 2 is 1.84 bits per heavy atom. The van der Waals surface area contributed by atoms with Crippen molar-refractivity contribution in [2.24, 2.45) is 17.8 Å². The fourth-order valence-electron chi connectivity index (χ4n) is 2.83. The second-order valence-electron chi connectivity index (χ2n) is 6.78. The maximum atomic E-state index is 12.2. The van der Waals surface area contributed by atoms with E-state index in [1.807, 2.05) is 51.1 Å². The number of carbonyl (C=O) groups excluding carboxylic acids is 1. The lowest BCUT2D eigenvalue weighted by molar-refractivity contribution is -0.144. The van der Waals surface area contributed by atoms with Crippen LogP contribution in [0.4, 0.5) is 5.82 Å². The zero-order chi connectivity index (χ0) is 18.4. The number of amides is 1. The lowest BCUT2D eigenvalue weighted by Crippen LogP contribution is -2.27. The van der Waals surface area contributed by atoms with E-state index in [4.69, 9.17) is 0 Å². The number of hydrogen-bond acceptors (Lipinski definition) is 3. The predicted octanol–water partition coefficient (Wildman–Crippen LogP) is 3.58. The molecule has 2 N–H and O–H groups in total. The normalized spacial score (nSPS) is 13.4. The molecule has 2 aromatic rings. The van der Waals surface area contributed by atoms with Crippen LogP contribution in [-0.4, -0.2) is 26.8 Å². The van der Waals surface area contributed by atoms with Gasteiger partial charge in [0.25, 0.3) is 0 Å².